The Kier molecular flexibility index (Phi) is 7.02. The Balaban J connectivity index is 1.43. The minimum atomic E-state index is 0.0830. The van der Waals surface area contributed by atoms with E-state index in [1.165, 1.54) is 31.0 Å². The highest BCUT2D eigenvalue weighted by Crippen LogP contribution is 2.28. The highest BCUT2D eigenvalue weighted by molar-refractivity contribution is 7.99. The third-order valence-electron chi connectivity index (χ3n) is 6.45. The molecule has 2 aliphatic rings. The van der Waals surface area contributed by atoms with Gasteiger partial charge in [-0.25, -0.2) is 0 Å². The van der Waals surface area contributed by atoms with Crippen LogP contribution in [-0.2, 0) is 11.3 Å². The number of aromatic nitrogens is 3. The fraction of sp³-hybridized carbons (Fsp3) is 0.682. The van der Waals surface area contributed by atoms with Gasteiger partial charge in [0.15, 0.2) is 5.16 Å². The van der Waals surface area contributed by atoms with Crippen LogP contribution in [0.3, 0.4) is 0 Å². The molecule has 7 nitrogen and oxygen atoms in total. The van der Waals surface area contributed by atoms with Crippen LogP contribution in [0, 0.1) is 11.8 Å². The zero-order valence-corrected chi connectivity index (χ0v) is 18.9. The first-order chi connectivity index (χ1) is 14.6. The van der Waals surface area contributed by atoms with Crippen molar-refractivity contribution in [3.05, 3.63) is 24.2 Å². The molecule has 1 N–H and O–H groups in total. The summed E-state index contributed by atoms with van der Waals surface area (Å²) in [6.45, 7) is 7.09. The van der Waals surface area contributed by atoms with Crippen LogP contribution in [-0.4, -0.2) is 45.6 Å². The molecule has 1 aliphatic heterocycles. The molecule has 8 heteroatoms. The standard InChI is InChI=1S/C22H33N5O2S/c1-16-9-11-26(12-10-16)21-24-25-22(27(21)14-18-7-5-13-29-18)30-15-20(28)23-19-8-4-3-6-17(19)2/h5,7,13,16-17,19H,3-4,6,8-12,14-15H2,1-2H3,(H,23,28)/t17-,19-/m1/s1. The molecule has 164 valence electrons. The molecule has 1 aliphatic carbocycles. The van der Waals surface area contributed by atoms with Crippen molar-refractivity contribution < 1.29 is 9.21 Å². The van der Waals surface area contributed by atoms with Crippen molar-refractivity contribution in [3.63, 3.8) is 0 Å². The van der Waals surface area contributed by atoms with Crippen molar-refractivity contribution in [2.24, 2.45) is 11.8 Å². The van der Waals surface area contributed by atoms with Gasteiger partial charge < -0.3 is 14.6 Å². The first-order valence-corrected chi connectivity index (χ1v) is 12.2. The summed E-state index contributed by atoms with van der Waals surface area (Å²) < 4.78 is 7.67. The lowest BCUT2D eigenvalue weighted by molar-refractivity contribution is -0.119. The first kappa shape index (κ1) is 21.3. The van der Waals surface area contributed by atoms with Gasteiger partial charge in [-0.05, 0) is 49.7 Å². The topological polar surface area (TPSA) is 76.2 Å². The molecule has 2 fully saturated rings. The van der Waals surface area contributed by atoms with Crippen LogP contribution in [0.5, 0.6) is 0 Å². The van der Waals surface area contributed by atoms with Gasteiger partial charge in [-0.2, -0.15) is 0 Å². The molecular formula is C22H33N5O2S. The number of nitrogens with one attached hydrogen (secondary N) is 1. The lowest BCUT2D eigenvalue weighted by Crippen LogP contribution is -2.41. The normalized spacial score (nSPS) is 22.9. The quantitative estimate of drug-likeness (QED) is 0.669. The summed E-state index contributed by atoms with van der Waals surface area (Å²) in [4.78, 5) is 14.9. The predicted molar refractivity (Wildman–Crippen MR) is 119 cm³/mol. The van der Waals surface area contributed by atoms with E-state index in [-0.39, 0.29) is 5.91 Å². The lowest BCUT2D eigenvalue weighted by atomic mass is 9.86. The van der Waals surface area contributed by atoms with Gasteiger partial charge in [-0.3, -0.25) is 9.36 Å². The average Bonchev–Trinajstić information content (AvgIpc) is 3.39. The van der Waals surface area contributed by atoms with E-state index in [0.717, 1.165) is 55.1 Å². The van der Waals surface area contributed by atoms with Gasteiger partial charge in [0.25, 0.3) is 0 Å². The van der Waals surface area contributed by atoms with Crippen LogP contribution >= 0.6 is 11.8 Å². The van der Waals surface area contributed by atoms with Gasteiger partial charge in [0.1, 0.15) is 5.76 Å². The summed E-state index contributed by atoms with van der Waals surface area (Å²) in [5.74, 6) is 3.49. The van der Waals surface area contributed by atoms with Crippen molar-refractivity contribution in [1.82, 2.24) is 20.1 Å². The van der Waals surface area contributed by atoms with E-state index in [1.807, 2.05) is 12.1 Å². The van der Waals surface area contributed by atoms with Crippen molar-refractivity contribution in [3.8, 4) is 0 Å². The van der Waals surface area contributed by atoms with Crippen molar-refractivity contribution in [2.75, 3.05) is 23.7 Å². The average molecular weight is 432 g/mol. The molecule has 0 bridgehead atoms. The second-order valence-corrected chi connectivity index (χ2v) is 9.78. The molecule has 0 aromatic carbocycles. The lowest BCUT2D eigenvalue weighted by Gasteiger charge is -2.31. The maximum atomic E-state index is 12.6. The summed E-state index contributed by atoms with van der Waals surface area (Å²) in [5, 5.41) is 12.9. The van der Waals surface area contributed by atoms with Crippen LogP contribution in [0.2, 0.25) is 0 Å². The minimum absolute atomic E-state index is 0.0830. The fourth-order valence-corrected chi connectivity index (χ4v) is 5.18. The van der Waals surface area contributed by atoms with Gasteiger partial charge in [0.05, 0.1) is 18.6 Å². The molecule has 30 heavy (non-hydrogen) atoms. The molecule has 1 saturated heterocycles. The summed E-state index contributed by atoms with van der Waals surface area (Å²) in [7, 11) is 0. The Labute approximate surface area is 183 Å². The van der Waals surface area contributed by atoms with E-state index < -0.39 is 0 Å². The van der Waals surface area contributed by atoms with Crippen molar-refractivity contribution in [1.29, 1.82) is 0 Å². The van der Waals surface area contributed by atoms with E-state index in [2.05, 4.69) is 38.8 Å². The van der Waals surface area contributed by atoms with Crippen LogP contribution < -0.4 is 10.2 Å². The zero-order valence-electron chi connectivity index (χ0n) is 18.0. The number of rotatable bonds is 7. The van der Waals surface area contributed by atoms with E-state index in [9.17, 15) is 4.79 Å². The SMILES string of the molecule is CC1CCN(c2nnc(SCC(=O)N[C@@H]3CCCC[C@H]3C)n2Cc2ccco2)CC1. The Morgan fingerprint density at radius 1 is 1.20 bits per heavy atom. The predicted octanol–water partition coefficient (Wildman–Crippen LogP) is 3.94. The van der Waals surface area contributed by atoms with E-state index in [0.29, 0.717) is 24.3 Å². The molecule has 1 amide bonds. The van der Waals surface area contributed by atoms with Gasteiger partial charge in [0.2, 0.25) is 11.9 Å². The third kappa shape index (κ3) is 5.20. The second-order valence-electron chi connectivity index (χ2n) is 8.84. The van der Waals surface area contributed by atoms with Crippen LogP contribution in [0.4, 0.5) is 5.95 Å². The number of hydrogen-bond acceptors (Lipinski definition) is 6. The second kappa shape index (κ2) is 9.90. The third-order valence-corrected chi connectivity index (χ3v) is 7.41. The van der Waals surface area contributed by atoms with E-state index in [4.69, 9.17) is 4.42 Å². The maximum absolute atomic E-state index is 12.6. The maximum Gasteiger partial charge on any atom is 0.230 e. The number of furan rings is 1. The Bertz CT molecular complexity index is 814. The molecular weight excluding hydrogens is 398 g/mol. The Hall–Kier alpha value is -1.96. The Morgan fingerprint density at radius 3 is 2.73 bits per heavy atom. The minimum Gasteiger partial charge on any atom is -0.467 e. The number of nitrogens with zero attached hydrogens (tertiary/aromatic N) is 4. The number of piperidine rings is 1. The molecule has 2 atom stereocenters. The molecule has 1 saturated carbocycles. The molecule has 2 aromatic rings. The monoisotopic (exact) mass is 431 g/mol. The van der Waals surface area contributed by atoms with E-state index in [1.54, 1.807) is 6.26 Å². The Morgan fingerprint density at radius 2 is 2.00 bits per heavy atom. The van der Waals surface area contributed by atoms with E-state index >= 15 is 0 Å². The van der Waals surface area contributed by atoms with Crippen molar-refractivity contribution in [2.45, 2.75) is 70.1 Å². The molecule has 0 spiro atoms. The molecule has 2 aromatic heterocycles. The number of carbonyl (C=O) groups excluding carboxylic acids is 1. The number of amides is 1. The largest absolute Gasteiger partial charge is 0.467 e. The number of hydrogen-bond donors (Lipinski definition) is 1. The molecule has 0 unspecified atom stereocenters. The number of carbonyl (C=O) groups is 1. The van der Waals surface area contributed by atoms with Crippen LogP contribution in [0.1, 0.15) is 58.1 Å². The summed E-state index contributed by atoms with van der Waals surface area (Å²) in [6, 6.07) is 4.17. The van der Waals surface area contributed by atoms with Gasteiger partial charge in [0, 0.05) is 19.1 Å². The fourth-order valence-electron chi connectivity index (χ4n) is 4.44. The molecule has 4 rings (SSSR count). The highest BCUT2D eigenvalue weighted by Gasteiger charge is 2.25. The van der Waals surface area contributed by atoms with Crippen LogP contribution in [0.25, 0.3) is 0 Å². The van der Waals surface area contributed by atoms with Gasteiger partial charge in [-0.1, -0.05) is 38.5 Å². The van der Waals surface area contributed by atoms with Gasteiger partial charge >= 0.3 is 0 Å². The molecule has 3 heterocycles. The summed E-state index contributed by atoms with van der Waals surface area (Å²) in [5.41, 5.74) is 0. The summed E-state index contributed by atoms with van der Waals surface area (Å²) >= 11 is 1.46. The van der Waals surface area contributed by atoms with Crippen LogP contribution in [0.15, 0.2) is 28.0 Å². The summed E-state index contributed by atoms with van der Waals surface area (Å²) in [6.07, 6.45) is 8.79. The molecule has 0 radical (unpaired) electrons. The number of thioether (sulfide) groups is 1. The zero-order chi connectivity index (χ0) is 20.9. The smallest absolute Gasteiger partial charge is 0.230 e. The van der Waals surface area contributed by atoms with Crippen molar-refractivity contribution >= 4 is 23.6 Å². The van der Waals surface area contributed by atoms with Gasteiger partial charge in [-0.15, -0.1) is 10.2 Å². The first-order valence-electron chi connectivity index (χ1n) is 11.2. The highest BCUT2D eigenvalue weighted by atomic mass is 32.2. The number of anilines is 1.